The molecule has 0 aliphatic rings. The molecular formula is C20H25N3O3S. The van der Waals surface area contributed by atoms with Crippen molar-refractivity contribution in [3.8, 4) is 0 Å². The van der Waals surface area contributed by atoms with Gasteiger partial charge in [0.1, 0.15) is 0 Å². The number of benzene rings is 2. The van der Waals surface area contributed by atoms with Crippen molar-refractivity contribution >= 4 is 22.1 Å². The largest absolute Gasteiger partial charge is 0.271 e. The van der Waals surface area contributed by atoms with Gasteiger partial charge in [0.2, 0.25) is 10.0 Å². The van der Waals surface area contributed by atoms with Crippen molar-refractivity contribution in [1.29, 1.82) is 0 Å². The van der Waals surface area contributed by atoms with E-state index in [9.17, 15) is 13.2 Å². The van der Waals surface area contributed by atoms with Crippen molar-refractivity contribution in [3.05, 3.63) is 65.2 Å². The number of hydrogen-bond donors (Lipinski definition) is 1. The molecule has 0 radical (unpaired) electrons. The molecule has 0 fully saturated rings. The fourth-order valence-corrected chi connectivity index (χ4v) is 3.26. The van der Waals surface area contributed by atoms with Crippen LogP contribution >= 0.6 is 0 Å². The van der Waals surface area contributed by atoms with E-state index >= 15 is 0 Å². The first-order chi connectivity index (χ1) is 12.5. The Kier molecular flexibility index (Phi) is 6.18. The third-order valence-electron chi connectivity index (χ3n) is 4.03. The highest BCUT2D eigenvalue weighted by molar-refractivity contribution is 7.89. The predicted octanol–water partition coefficient (Wildman–Crippen LogP) is 3.00. The van der Waals surface area contributed by atoms with Gasteiger partial charge in [-0.3, -0.25) is 4.79 Å². The van der Waals surface area contributed by atoms with E-state index in [0.717, 1.165) is 9.87 Å². The molecule has 1 N–H and O–H groups in total. The molecule has 0 aromatic heterocycles. The van der Waals surface area contributed by atoms with Crippen molar-refractivity contribution in [2.24, 2.45) is 5.10 Å². The van der Waals surface area contributed by atoms with Crippen LogP contribution in [0.3, 0.4) is 0 Å². The van der Waals surface area contributed by atoms with Crippen LogP contribution in [0.15, 0.2) is 58.5 Å². The van der Waals surface area contributed by atoms with Crippen molar-refractivity contribution in [3.63, 3.8) is 0 Å². The first kappa shape index (κ1) is 20.8. The van der Waals surface area contributed by atoms with E-state index in [1.807, 2.05) is 24.3 Å². The summed E-state index contributed by atoms with van der Waals surface area (Å²) in [4.78, 5) is 12.3. The SMILES string of the molecule is CN(C)S(=O)(=O)c1cccc(C(=O)N/N=C\c2ccc(C(C)(C)C)cc2)c1. The van der Waals surface area contributed by atoms with Crippen LogP contribution in [-0.2, 0) is 15.4 Å². The van der Waals surface area contributed by atoms with Gasteiger partial charge in [-0.15, -0.1) is 0 Å². The molecule has 0 spiro atoms. The van der Waals surface area contributed by atoms with Crippen LogP contribution in [-0.4, -0.2) is 38.9 Å². The number of carbonyl (C=O) groups is 1. The minimum absolute atomic E-state index is 0.0573. The standard InChI is InChI=1S/C20H25N3O3S/c1-20(2,3)17-11-9-15(10-12-17)14-21-22-19(24)16-7-6-8-18(13-16)27(25,26)23(4)5/h6-14H,1-5H3,(H,22,24)/b21-14-. The third kappa shape index (κ3) is 5.24. The highest BCUT2D eigenvalue weighted by Gasteiger charge is 2.18. The Labute approximate surface area is 161 Å². The first-order valence-corrected chi connectivity index (χ1v) is 9.92. The maximum Gasteiger partial charge on any atom is 0.271 e. The number of rotatable bonds is 5. The molecule has 0 aliphatic carbocycles. The summed E-state index contributed by atoms with van der Waals surface area (Å²) in [5.41, 5.74) is 4.78. The van der Waals surface area contributed by atoms with Crippen LogP contribution < -0.4 is 5.43 Å². The second kappa shape index (κ2) is 8.02. The lowest BCUT2D eigenvalue weighted by atomic mass is 9.87. The molecule has 0 bridgehead atoms. The van der Waals surface area contributed by atoms with Gasteiger partial charge >= 0.3 is 0 Å². The highest BCUT2D eigenvalue weighted by Crippen LogP contribution is 2.21. The molecule has 0 saturated carbocycles. The van der Waals surface area contributed by atoms with E-state index in [4.69, 9.17) is 0 Å². The van der Waals surface area contributed by atoms with Crippen molar-refractivity contribution in [2.75, 3.05) is 14.1 Å². The summed E-state index contributed by atoms with van der Waals surface area (Å²) in [6.45, 7) is 6.42. The normalized spacial score (nSPS) is 12.5. The summed E-state index contributed by atoms with van der Waals surface area (Å²) in [6, 6.07) is 13.8. The smallest absolute Gasteiger partial charge is 0.267 e. The topological polar surface area (TPSA) is 78.8 Å². The van der Waals surface area contributed by atoms with Gasteiger partial charge in [-0.2, -0.15) is 5.10 Å². The van der Waals surface area contributed by atoms with Crippen LogP contribution in [0.25, 0.3) is 0 Å². The minimum atomic E-state index is -3.60. The van der Waals surface area contributed by atoms with Gasteiger partial charge in [0.05, 0.1) is 11.1 Å². The molecule has 2 rings (SSSR count). The number of nitrogens with one attached hydrogen (secondary N) is 1. The number of hydrogen-bond acceptors (Lipinski definition) is 4. The Morgan fingerprint density at radius 1 is 1.07 bits per heavy atom. The Hall–Kier alpha value is -2.51. The zero-order valence-corrected chi connectivity index (χ0v) is 17.0. The summed E-state index contributed by atoms with van der Waals surface area (Å²) in [7, 11) is -0.714. The monoisotopic (exact) mass is 387 g/mol. The van der Waals surface area contributed by atoms with E-state index in [1.165, 1.54) is 43.9 Å². The van der Waals surface area contributed by atoms with E-state index in [2.05, 4.69) is 31.3 Å². The van der Waals surface area contributed by atoms with Gasteiger partial charge in [-0.25, -0.2) is 18.1 Å². The number of hydrazone groups is 1. The Bertz CT molecular complexity index is 941. The molecule has 6 nitrogen and oxygen atoms in total. The summed E-state index contributed by atoms with van der Waals surface area (Å²) in [5, 5.41) is 3.95. The number of sulfonamides is 1. The van der Waals surface area contributed by atoms with Crippen LogP contribution in [0.2, 0.25) is 0 Å². The van der Waals surface area contributed by atoms with Crippen LogP contribution in [0.1, 0.15) is 42.3 Å². The first-order valence-electron chi connectivity index (χ1n) is 8.48. The van der Waals surface area contributed by atoms with Crippen molar-refractivity contribution in [1.82, 2.24) is 9.73 Å². The maximum absolute atomic E-state index is 12.2. The van der Waals surface area contributed by atoms with E-state index in [0.29, 0.717) is 0 Å². The van der Waals surface area contributed by atoms with Gasteiger partial charge in [-0.1, -0.05) is 51.1 Å². The highest BCUT2D eigenvalue weighted by atomic mass is 32.2. The average Bonchev–Trinajstić information content (AvgIpc) is 2.61. The fraction of sp³-hybridized carbons (Fsp3) is 0.300. The molecular weight excluding hydrogens is 362 g/mol. The second-order valence-corrected chi connectivity index (χ2v) is 9.54. The lowest BCUT2D eigenvalue weighted by Crippen LogP contribution is -2.23. The quantitative estimate of drug-likeness (QED) is 0.633. The molecule has 144 valence electrons. The Morgan fingerprint density at radius 3 is 2.26 bits per heavy atom. The second-order valence-electron chi connectivity index (χ2n) is 7.39. The fourth-order valence-electron chi connectivity index (χ4n) is 2.31. The third-order valence-corrected chi connectivity index (χ3v) is 5.84. The molecule has 0 heterocycles. The molecule has 2 aromatic carbocycles. The average molecular weight is 388 g/mol. The Morgan fingerprint density at radius 2 is 1.70 bits per heavy atom. The maximum atomic E-state index is 12.2. The predicted molar refractivity (Wildman–Crippen MR) is 108 cm³/mol. The zero-order valence-electron chi connectivity index (χ0n) is 16.2. The van der Waals surface area contributed by atoms with Gasteiger partial charge in [-0.05, 0) is 34.7 Å². The van der Waals surface area contributed by atoms with E-state index < -0.39 is 15.9 Å². The molecule has 27 heavy (non-hydrogen) atoms. The summed E-state index contributed by atoms with van der Waals surface area (Å²) in [6.07, 6.45) is 1.55. The molecule has 0 unspecified atom stereocenters. The summed E-state index contributed by atoms with van der Waals surface area (Å²) < 4.78 is 25.4. The molecule has 7 heteroatoms. The molecule has 1 amide bonds. The number of amides is 1. The van der Waals surface area contributed by atoms with Gasteiger partial charge < -0.3 is 0 Å². The molecule has 0 atom stereocenters. The lowest BCUT2D eigenvalue weighted by Gasteiger charge is -2.18. The number of nitrogens with zero attached hydrogens (tertiary/aromatic N) is 2. The van der Waals surface area contributed by atoms with Gasteiger partial charge in [0, 0.05) is 19.7 Å². The molecule has 0 aliphatic heterocycles. The lowest BCUT2D eigenvalue weighted by molar-refractivity contribution is 0.0955. The Balaban J connectivity index is 2.09. The van der Waals surface area contributed by atoms with E-state index in [1.54, 1.807) is 6.21 Å². The molecule has 0 saturated heterocycles. The van der Waals surface area contributed by atoms with Crippen LogP contribution in [0.4, 0.5) is 0 Å². The van der Waals surface area contributed by atoms with Gasteiger partial charge in [0.25, 0.3) is 5.91 Å². The van der Waals surface area contributed by atoms with Crippen LogP contribution in [0, 0.1) is 0 Å². The van der Waals surface area contributed by atoms with E-state index in [-0.39, 0.29) is 15.9 Å². The van der Waals surface area contributed by atoms with Crippen LogP contribution in [0.5, 0.6) is 0 Å². The summed E-state index contributed by atoms with van der Waals surface area (Å²) >= 11 is 0. The minimum Gasteiger partial charge on any atom is -0.267 e. The van der Waals surface area contributed by atoms with Crippen molar-refractivity contribution < 1.29 is 13.2 Å². The number of carbonyl (C=O) groups excluding carboxylic acids is 1. The summed E-state index contributed by atoms with van der Waals surface area (Å²) in [5.74, 6) is -0.478. The van der Waals surface area contributed by atoms with Crippen molar-refractivity contribution in [2.45, 2.75) is 31.1 Å². The zero-order chi connectivity index (χ0) is 20.2. The molecule has 2 aromatic rings. The van der Waals surface area contributed by atoms with Gasteiger partial charge in [0.15, 0.2) is 0 Å².